The van der Waals surface area contributed by atoms with Crippen molar-refractivity contribution in [3.63, 3.8) is 0 Å². The molecule has 0 saturated heterocycles. The summed E-state index contributed by atoms with van der Waals surface area (Å²) in [6.07, 6.45) is 4.14. The molecule has 6 rings (SSSR count). The summed E-state index contributed by atoms with van der Waals surface area (Å²) >= 11 is 0. The Balaban J connectivity index is 2.13. The molecule has 0 amide bonds. The average molecular weight is 272 g/mol. The van der Waals surface area contributed by atoms with E-state index in [0.29, 0.717) is 0 Å². The molecule has 0 N–H and O–H groups in total. The molecule has 3 heteroatoms. The molecule has 0 bridgehead atoms. The van der Waals surface area contributed by atoms with E-state index >= 15 is 0 Å². The van der Waals surface area contributed by atoms with E-state index in [2.05, 4.69) is 45.1 Å². The van der Waals surface area contributed by atoms with Gasteiger partial charge in [-0.1, -0.05) is 18.2 Å². The van der Waals surface area contributed by atoms with Gasteiger partial charge in [-0.2, -0.15) is 4.40 Å². The van der Waals surface area contributed by atoms with Crippen LogP contribution in [0.5, 0.6) is 0 Å². The van der Waals surface area contributed by atoms with Crippen LogP contribution in [0.2, 0.25) is 0 Å². The van der Waals surface area contributed by atoms with Crippen LogP contribution < -0.4 is 4.40 Å². The maximum absolute atomic E-state index is 4.65. The molecule has 3 nitrogen and oxygen atoms in total. The number of imidazole rings is 1. The zero-order valence-electron chi connectivity index (χ0n) is 11.8. The van der Waals surface area contributed by atoms with Crippen LogP contribution in [-0.2, 0) is 19.4 Å². The molecule has 100 valence electrons. The van der Waals surface area contributed by atoms with Crippen molar-refractivity contribution in [1.29, 1.82) is 0 Å². The molecule has 0 spiro atoms. The number of hydrogen-bond donors (Lipinski definition) is 0. The number of aryl methyl sites for hydroxylation is 2. The SMILES string of the molecule is Cc1c2[n+]3c4c(nccc4c4cccc5c4c3n1C5)CC2. The van der Waals surface area contributed by atoms with Gasteiger partial charge < -0.3 is 0 Å². The second kappa shape index (κ2) is 3.08. The Morgan fingerprint density at radius 3 is 3.05 bits per heavy atom. The average Bonchev–Trinajstić information content (AvgIpc) is 3.03. The van der Waals surface area contributed by atoms with Crippen molar-refractivity contribution in [2.24, 2.45) is 0 Å². The van der Waals surface area contributed by atoms with Gasteiger partial charge in [0.25, 0.3) is 5.65 Å². The lowest BCUT2D eigenvalue weighted by atomic mass is 9.99. The highest BCUT2D eigenvalue weighted by molar-refractivity contribution is 6.11. The smallest absolute Gasteiger partial charge is 0.257 e. The standard InChI is InChI=1S/C18H14N3/c1-10-15-6-5-14-17-13(7-8-19-14)12-4-2-3-11-9-20(10)18(16(11)12)21(15)17/h2-4,7-8H,5-6,9H2,1H3/q+1. The second-order valence-electron chi connectivity index (χ2n) is 6.27. The monoisotopic (exact) mass is 272 g/mol. The maximum atomic E-state index is 4.65. The zero-order chi connectivity index (χ0) is 13.7. The third kappa shape index (κ3) is 0.963. The molecule has 0 aliphatic carbocycles. The number of rotatable bonds is 0. The summed E-state index contributed by atoms with van der Waals surface area (Å²) in [7, 11) is 0. The number of nitrogens with zero attached hydrogens (tertiary/aromatic N) is 3. The molecule has 2 aliphatic rings. The van der Waals surface area contributed by atoms with E-state index < -0.39 is 0 Å². The highest BCUT2D eigenvalue weighted by Crippen LogP contribution is 2.37. The van der Waals surface area contributed by atoms with Crippen LogP contribution in [0.1, 0.15) is 22.6 Å². The van der Waals surface area contributed by atoms with Gasteiger partial charge in [-0.05, 0) is 6.07 Å². The first-order valence-corrected chi connectivity index (χ1v) is 7.59. The fourth-order valence-electron chi connectivity index (χ4n) is 4.47. The summed E-state index contributed by atoms with van der Waals surface area (Å²) in [6, 6.07) is 8.92. The summed E-state index contributed by atoms with van der Waals surface area (Å²) in [5.41, 5.74) is 8.33. The lowest BCUT2D eigenvalue weighted by molar-refractivity contribution is -0.492. The maximum Gasteiger partial charge on any atom is 0.295 e. The lowest BCUT2D eigenvalue weighted by Crippen LogP contribution is -2.31. The van der Waals surface area contributed by atoms with E-state index in [9.17, 15) is 0 Å². The first kappa shape index (κ1) is 10.3. The van der Waals surface area contributed by atoms with Crippen molar-refractivity contribution < 1.29 is 4.40 Å². The van der Waals surface area contributed by atoms with Crippen molar-refractivity contribution in [3.05, 3.63) is 53.1 Å². The Bertz CT molecular complexity index is 1120. The summed E-state index contributed by atoms with van der Waals surface area (Å²) < 4.78 is 4.99. The summed E-state index contributed by atoms with van der Waals surface area (Å²) in [5.74, 6) is 0. The van der Waals surface area contributed by atoms with Gasteiger partial charge in [0.15, 0.2) is 11.2 Å². The Morgan fingerprint density at radius 1 is 1.14 bits per heavy atom. The van der Waals surface area contributed by atoms with Gasteiger partial charge >= 0.3 is 0 Å². The third-order valence-corrected chi connectivity index (χ3v) is 5.38. The van der Waals surface area contributed by atoms with Crippen LogP contribution in [0.25, 0.3) is 27.3 Å². The van der Waals surface area contributed by atoms with Crippen molar-refractivity contribution >= 4 is 27.3 Å². The molecule has 5 heterocycles. The van der Waals surface area contributed by atoms with Crippen molar-refractivity contribution in [1.82, 2.24) is 9.55 Å². The molecule has 0 radical (unpaired) electrons. The van der Waals surface area contributed by atoms with Crippen LogP contribution in [0.4, 0.5) is 0 Å². The number of aromatic nitrogens is 3. The minimum atomic E-state index is 1.01. The number of benzene rings is 1. The van der Waals surface area contributed by atoms with Gasteiger partial charge in [-0.3, -0.25) is 4.98 Å². The van der Waals surface area contributed by atoms with E-state index in [1.165, 1.54) is 50.0 Å². The van der Waals surface area contributed by atoms with E-state index in [1.807, 2.05) is 6.20 Å². The predicted octanol–water partition coefficient (Wildman–Crippen LogP) is 2.70. The fraction of sp³-hybridized carbons (Fsp3) is 0.222. The minimum absolute atomic E-state index is 1.01. The quantitative estimate of drug-likeness (QED) is 0.314. The van der Waals surface area contributed by atoms with Crippen molar-refractivity contribution in [3.8, 4) is 0 Å². The third-order valence-electron chi connectivity index (χ3n) is 5.38. The normalized spacial score (nSPS) is 15.3. The Morgan fingerprint density at radius 2 is 2.10 bits per heavy atom. The Hall–Kier alpha value is -2.42. The van der Waals surface area contributed by atoms with Gasteiger partial charge in [-0.15, -0.1) is 0 Å². The van der Waals surface area contributed by atoms with Crippen LogP contribution >= 0.6 is 0 Å². The highest BCUT2D eigenvalue weighted by Gasteiger charge is 2.35. The first-order valence-electron chi connectivity index (χ1n) is 7.59. The molecule has 21 heavy (non-hydrogen) atoms. The molecule has 4 aromatic rings. The van der Waals surface area contributed by atoms with Crippen molar-refractivity contribution in [2.45, 2.75) is 26.3 Å². The molecule has 2 aliphatic heterocycles. The predicted molar refractivity (Wildman–Crippen MR) is 81.6 cm³/mol. The largest absolute Gasteiger partial charge is 0.295 e. The summed E-state index contributed by atoms with van der Waals surface area (Å²) in [4.78, 5) is 4.65. The number of hydrogen-bond acceptors (Lipinski definition) is 1. The van der Waals surface area contributed by atoms with Gasteiger partial charge in [-0.25, -0.2) is 4.57 Å². The highest BCUT2D eigenvalue weighted by atomic mass is 15.2. The van der Waals surface area contributed by atoms with E-state index in [4.69, 9.17) is 0 Å². The molecular formula is C18H14N3+. The Labute approximate surface area is 121 Å². The molecule has 3 aromatic heterocycles. The topological polar surface area (TPSA) is 21.9 Å². The van der Waals surface area contributed by atoms with Gasteiger partial charge in [0.05, 0.1) is 11.1 Å². The number of fused-ring (bicyclic) bond motifs is 1. The summed E-state index contributed by atoms with van der Waals surface area (Å²) in [5, 5.41) is 4.18. The molecule has 1 aromatic carbocycles. The minimum Gasteiger partial charge on any atom is -0.257 e. The van der Waals surface area contributed by atoms with E-state index in [0.717, 1.165) is 19.4 Å². The number of pyridine rings is 2. The van der Waals surface area contributed by atoms with Gasteiger partial charge in [0.2, 0.25) is 0 Å². The molecule has 0 fully saturated rings. The fourth-order valence-corrected chi connectivity index (χ4v) is 4.47. The van der Waals surface area contributed by atoms with Crippen LogP contribution in [0, 0.1) is 6.92 Å². The molecule has 0 saturated carbocycles. The van der Waals surface area contributed by atoms with Crippen molar-refractivity contribution in [2.75, 3.05) is 0 Å². The summed E-state index contributed by atoms with van der Waals surface area (Å²) in [6.45, 7) is 3.29. The first-order chi connectivity index (χ1) is 10.3. The zero-order valence-corrected chi connectivity index (χ0v) is 11.8. The molecular weight excluding hydrogens is 258 g/mol. The van der Waals surface area contributed by atoms with Crippen LogP contribution in [0.3, 0.4) is 0 Å². The Kier molecular flexibility index (Phi) is 1.52. The van der Waals surface area contributed by atoms with Crippen LogP contribution in [0.15, 0.2) is 30.5 Å². The molecule has 0 atom stereocenters. The lowest BCUT2D eigenvalue weighted by Gasteiger charge is -2.12. The van der Waals surface area contributed by atoms with Gasteiger partial charge in [0, 0.05) is 42.3 Å². The second-order valence-corrected chi connectivity index (χ2v) is 6.27. The van der Waals surface area contributed by atoms with E-state index in [1.54, 1.807) is 0 Å². The van der Waals surface area contributed by atoms with Gasteiger partial charge in [0.1, 0.15) is 12.2 Å². The molecule has 0 unspecified atom stereocenters. The van der Waals surface area contributed by atoms with Crippen LogP contribution in [-0.4, -0.2) is 9.55 Å². The van der Waals surface area contributed by atoms with E-state index in [-0.39, 0.29) is 0 Å².